The molecule has 1 aromatic rings. The zero-order valence-corrected chi connectivity index (χ0v) is 15.3. The van der Waals surface area contributed by atoms with E-state index in [0.29, 0.717) is 24.3 Å². The number of pyridine rings is 1. The molecule has 0 spiro atoms. The maximum atomic E-state index is 12.8. The first-order valence-electron chi connectivity index (χ1n) is 8.84. The number of carbonyl (C=O) groups excluding carboxylic acids is 2. The third kappa shape index (κ3) is 3.78. The van der Waals surface area contributed by atoms with Gasteiger partial charge in [0.05, 0.1) is 13.3 Å². The molecule has 2 unspecified atom stereocenters. The molecule has 2 aliphatic heterocycles. The van der Waals surface area contributed by atoms with Gasteiger partial charge in [0.1, 0.15) is 17.0 Å². The minimum Gasteiger partial charge on any atom is -0.495 e. The summed E-state index contributed by atoms with van der Waals surface area (Å²) in [5.41, 5.74) is -0.0353. The minimum atomic E-state index is -0.504. The van der Waals surface area contributed by atoms with Gasteiger partial charge in [-0.05, 0) is 58.6 Å². The number of carbonyl (C=O) groups is 2. The number of fused-ring (bicyclic) bond motifs is 2. The van der Waals surface area contributed by atoms with Crippen LogP contribution in [0.4, 0.5) is 4.79 Å². The summed E-state index contributed by atoms with van der Waals surface area (Å²) in [6.07, 6.45) is 4.55. The van der Waals surface area contributed by atoms with Gasteiger partial charge in [0.15, 0.2) is 5.78 Å². The average Bonchev–Trinajstić information content (AvgIpc) is 2.83. The molecular formula is C19H26N2O4. The Morgan fingerprint density at radius 3 is 2.28 bits per heavy atom. The summed E-state index contributed by atoms with van der Waals surface area (Å²) in [5, 5.41) is 0. The van der Waals surface area contributed by atoms with Crippen molar-refractivity contribution >= 4 is 11.9 Å². The molecule has 2 atom stereocenters. The Kier molecular flexibility index (Phi) is 4.71. The van der Waals surface area contributed by atoms with Crippen molar-refractivity contribution in [1.29, 1.82) is 0 Å². The molecule has 1 amide bonds. The van der Waals surface area contributed by atoms with Crippen molar-refractivity contribution in [3.63, 3.8) is 0 Å². The Labute approximate surface area is 148 Å². The van der Waals surface area contributed by atoms with Crippen molar-refractivity contribution in [2.45, 2.75) is 64.1 Å². The summed E-state index contributed by atoms with van der Waals surface area (Å²) >= 11 is 0. The lowest BCUT2D eigenvalue weighted by molar-refractivity contribution is 0.00251. The van der Waals surface area contributed by atoms with E-state index in [2.05, 4.69) is 4.98 Å². The zero-order valence-electron chi connectivity index (χ0n) is 15.3. The smallest absolute Gasteiger partial charge is 0.410 e. The Bertz CT molecular complexity index is 636. The van der Waals surface area contributed by atoms with Gasteiger partial charge < -0.3 is 14.4 Å². The number of nitrogens with zero attached hydrogens (tertiary/aromatic N) is 2. The number of aromatic nitrogens is 1. The molecule has 0 aromatic carbocycles. The monoisotopic (exact) mass is 346 g/mol. The van der Waals surface area contributed by atoms with Crippen molar-refractivity contribution < 1.29 is 19.1 Å². The molecule has 3 rings (SSSR count). The van der Waals surface area contributed by atoms with Crippen molar-refractivity contribution in [3.8, 4) is 5.75 Å². The quantitative estimate of drug-likeness (QED) is 0.784. The minimum absolute atomic E-state index is 0.0587. The molecule has 2 bridgehead atoms. The first-order chi connectivity index (χ1) is 11.8. The maximum Gasteiger partial charge on any atom is 0.410 e. The second-order valence-electron chi connectivity index (χ2n) is 7.89. The Morgan fingerprint density at radius 2 is 1.80 bits per heavy atom. The van der Waals surface area contributed by atoms with E-state index in [-0.39, 0.29) is 29.9 Å². The highest BCUT2D eigenvalue weighted by Crippen LogP contribution is 2.40. The molecule has 2 aliphatic rings. The topological polar surface area (TPSA) is 68.7 Å². The Morgan fingerprint density at radius 1 is 1.16 bits per heavy atom. The lowest BCUT2D eigenvalue weighted by Crippen LogP contribution is -2.49. The summed E-state index contributed by atoms with van der Waals surface area (Å²) in [5.74, 6) is 0.608. The van der Waals surface area contributed by atoms with Gasteiger partial charge in [-0.3, -0.25) is 4.79 Å². The fourth-order valence-corrected chi connectivity index (χ4v) is 3.86. The fourth-order valence-electron chi connectivity index (χ4n) is 3.86. The average molecular weight is 346 g/mol. The first-order valence-corrected chi connectivity index (χ1v) is 8.84. The second-order valence-corrected chi connectivity index (χ2v) is 7.89. The Hall–Kier alpha value is -2.11. The van der Waals surface area contributed by atoms with Crippen molar-refractivity contribution in [3.05, 3.63) is 24.0 Å². The van der Waals surface area contributed by atoms with E-state index in [4.69, 9.17) is 9.47 Å². The van der Waals surface area contributed by atoms with Crippen molar-refractivity contribution in [2.75, 3.05) is 7.11 Å². The highest BCUT2D eigenvalue weighted by Gasteiger charge is 2.46. The van der Waals surface area contributed by atoms with Crippen LogP contribution in [0.2, 0.25) is 0 Å². The molecule has 2 fully saturated rings. The SMILES string of the molecule is COc1ccc(C(=O)C2CC3CCC(C2)N3C(=O)OC(C)(C)C)nc1. The maximum absolute atomic E-state index is 12.8. The van der Waals surface area contributed by atoms with Crippen LogP contribution in [0.5, 0.6) is 5.75 Å². The third-order valence-electron chi connectivity index (χ3n) is 4.93. The van der Waals surface area contributed by atoms with Crippen LogP contribution < -0.4 is 4.74 Å². The molecule has 0 N–H and O–H groups in total. The van der Waals surface area contributed by atoms with E-state index >= 15 is 0 Å². The molecular weight excluding hydrogens is 320 g/mol. The summed E-state index contributed by atoms with van der Waals surface area (Å²) in [7, 11) is 1.57. The van der Waals surface area contributed by atoms with Gasteiger partial charge in [0, 0.05) is 18.0 Å². The number of piperidine rings is 1. The van der Waals surface area contributed by atoms with Gasteiger partial charge >= 0.3 is 6.09 Å². The molecule has 136 valence electrons. The van der Waals surface area contributed by atoms with Gasteiger partial charge in [-0.2, -0.15) is 0 Å². The van der Waals surface area contributed by atoms with E-state index in [9.17, 15) is 9.59 Å². The molecule has 3 heterocycles. The lowest BCUT2D eigenvalue weighted by Gasteiger charge is -2.38. The van der Waals surface area contributed by atoms with Gasteiger partial charge in [-0.1, -0.05) is 0 Å². The molecule has 6 heteroatoms. The first kappa shape index (κ1) is 17.7. The molecule has 0 radical (unpaired) electrons. The summed E-state index contributed by atoms with van der Waals surface area (Å²) in [6.45, 7) is 5.62. The van der Waals surface area contributed by atoms with Crippen LogP contribution in [-0.2, 0) is 4.74 Å². The van der Waals surface area contributed by atoms with Crippen LogP contribution >= 0.6 is 0 Å². The van der Waals surface area contributed by atoms with Gasteiger partial charge in [-0.25, -0.2) is 9.78 Å². The highest BCUT2D eigenvalue weighted by atomic mass is 16.6. The predicted molar refractivity (Wildman–Crippen MR) is 92.7 cm³/mol. The van der Waals surface area contributed by atoms with Gasteiger partial charge in [0.2, 0.25) is 0 Å². The highest BCUT2D eigenvalue weighted by molar-refractivity contribution is 5.96. The summed E-state index contributed by atoms with van der Waals surface area (Å²) in [6, 6.07) is 3.63. The second kappa shape index (κ2) is 6.65. The van der Waals surface area contributed by atoms with Crippen molar-refractivity contribution in [1.82, 2.24) is 9.88 Å². The number of hydrogen-bond donors (Lipinski definition) is 0. The zero-order chi connectivity index (χ0) is 18.2. The van der Waals surface area contributed by atoms with E-state index in [0.717, 1.165) is 12.8 Å². The molecule has 0 aliphatic carbocycles. The number of ether oxygens (including phenoxy) is 2. The number of rotatable bonds is 3. The number of methoxy groups -OCH3 is 1. The van der Waals surface area contributed by atoms with Crippen LogP contribution in [-0.4, -0.2) is 46.6 Å². The molecule has 6 nitrogen and oxygen atoms in total. The Balaban J connectivity index is 1.68. The van der Waals surface area contributed by atoms with E-state index in [1.165, 1.54) is 0 Å². The van der Waals surface area contributed by atoms with Crippen LogP contribution in [0.25, 0.3) is 0 Å². The number of ketones is 1. The van der Waals surface area contributed by atoms with E-state index in [1.54, 1.807) is 25.4 Å². The normalized spacial score (nSPS) is 25.6. The van der Waals surface area contributed by atoms with Crippen LogP contribution in [0.1, 0.15) is 56.9 Å². The van der Waals surface area contributed by atoms with Crippen LogP contribution in [0.15, 0.2) is 18.3 Å². The molecule has 0 saturated carbocycles. The molecule has 1 aromatic heterocycles. The van der Waals surface area contributed by atoms with E-state index < -0.39 is 5.60 Å². The molecule has 25 heavy (non-hydrogen) atoms. The predicted octanol–water partition coefficient (Wildman–Crippen LogP) is 3.45. The summed E-state index contributed by atoms with van der Waals surface area (Å²) < 4.78 is 10.6. The van der Waals surface area contributed by atoms with Gasteiger partial charge in [-0.15, -0.1) is 0 Å². The van der Waals surface area contributed by atoms with Crippen LogP contribution in [0, 0.1) is 5.92 Å². The van der Waals surface area contributed by atoms with Crippen LogP contribution in [0.3, 0.4) is 0 Å². The van der Waals surface area contributed by atoms with E-state index in [1.807, 2.05) is 25.7 Å². The van der Waals surface area contributed by atoms with Crippen molar-refractivity contribution in [2.24, 2.45) is 5.92 Å². The third-order valence-corrected chi connectivity index (χ3v) is 4.93. The molecule has 2 saturated heterocycles. The largest absolute Gasteiger partial charge is 0.495 e. The fraction of sp³-hybridized carbons (Fsp3) is 0.632. The van der Waals surface area contributed by atoms with Gasteiger partial charge in [0.25, 0.3) is 0 Å². The number of hydrogen-bond acceptors (Lipinski definition) is 5. The number of amides is 1. The number of Topliss-reactive ketones (excluding diaryl/α,β-unsaturated/α-hetero) is 1. The lowest BCUT2D eigenvalue weighted by atomic mass is 9.86. The standard InChI is InChI=1S/C19H26N2O4/c1-19(2,3)25-18(23)21-13-5-6-14(21)10-12(9-13)17(22)16-8-7-15(24-4)11-20-16/h7-8,11-14H,5-6,9-10H2,1-4H3. The summed E-state index contributed by atoms with van der Waals surface area (Å²) in [4.78, 5) is 31.3.